The number of nitrogens with zero attached hydrogens (tertiary/aromatic N) is 4. The van der Waals surface area contributed by atoms with Crippen LogP contribution in [0.4, 0.5) is 11.6 Å². The number of hydrogen-bond acceptors (Lipinski definition) is 7. The monoisotopic (exact) mass is 381 g/mol. The van der Waals surface area contributed by atoms with E-state index < -0.39 is 5.97 Å². The van der Waals surface area contributed by atoms with Crippen LogP contribution in [-0.2, 0) is 4.74 Å². The second kappa shape index (κ2) is 7.41. The number of methoxy groups -OCH3 is 1. The van der Waals surface area contributed by atoms with Crippen LogP contribution in [0.25, 0.3) is 0 Å². The van der Waals surface area contributed by atoms with Gasteiger partial charge in [0.25, 0.3) is 0 Å². The summed E-state index contributed by atoms with van der Waals surface area (Å²) < 4.78 is 4.69. The van der Waals surface area contributed by atoms with Crippen LogP contribution in [0, 0.1) is 0 Å². The van der Waals surface area contributed by atoms with Crippen LogP contribution >= 0.6 is 23.2 Å². The summed E-state index contributed by atoms with van der Waals surface area (Å²) in [5.41, 5.74) is 6.95. The van der Waals surface area contributed by atoms with E-state index in [1.807, 2.05) is 6.07 Å². The van der Waals surface area contributed by atoms with Crippen LogP contribution in [0.1, 0.15) is 34.8 Å². The summed E-state index contributed by atoms with van der Waals surface area (Å²) in [6, 6.07) is 3.51. The molecule has 0 aromatic carbocycles. The van der Waals surface area contributed by atoms with Gasteiger partial charge < -0.3 is 15.4 Å². The Morgan fingerprint density at radius 1 is 1.32 bits per heavy atom. The minimum atomic E-state index is -0.542. The summed E-state index contributed by atoms with van der Waals surface area (Å²) in [5.74, 6) is 0.719. The normalized spacial score (nSPS) is 15.2. The standard InChI is InChI=1S/C16H17Cl2N5O2/c1-25-15(24)11-8-12(22-16(18)21-11)23-6-3-9(4-7-23)10-2-5-20-14(19)13(10)17/h2,5,8-9H,3-4,6-7H2,1H3,(H2,19,20). The van der Waals surface area contributed by atoms with E-state index >= 15 is 0 Å². The number of ether oxygens (including phenoxy) is 1. The van der Waals surface area contributed by atoms with Gasteiger partial charge in [0, 0.05) is 25.4 Å². The molecule has 7 nitrogen and oxygen atoms in total. The Hall–Kier alpha value is -2.12. The number of rotatable bonds is 3. The zero-order valence-electron chi connectivity index (χ0n) is 13.6. The number of piperidine rings is 1. The van der Waals surface area contributed by atoms with Crippen molar-refractivity contribution in [2.45, 2.75) is 18.8 Å². The van der Waals surface area contributed by atoms with Crippen LogP contribution in [0.15, 0.2) is 18.3 Å². The molecule has 3 heterocycles. The quantitative estimate of drug-likeness (QED) is 0.644. The molecule has 3 rings (SSSR count). The first-order valence-electron chi connectivity index (χ1n) is 7.77. The van der Waals surface area contributed by atoms with Gasteiger partial charge in [-0.2, -0.15) is 0 Å². The average Bonchev–Trinajstić information content (AvgIpc) is 2.63. The van der Waals surface area contributed by atoms with Gasteiger partial charge in [0.2, 0.25) is 5.28 Å². The van der Waals surface area contributed by atoms with E-state index in [-0.39, 0.29) is 11.0 Å². The van der Waals surface area contributed by atoms with Gasteiger partial charge >= 0.3 is 5.97 Å². The molecule has 25 heavy (non-hydrogen) atoms. The van der Waals surface area contributed by atoms with Crippen LogP contribution in [0.2, 0.25) is 10.3 Å². The first-order chi connectivity index (χ1) is 12.0. The van der Waals surface area contributed by atoms with Crippen LogP contribution in [-0.4, -0.2) is 41.1 Å². The van der Waals surface area contributed by atoms with E-state index in [1.165, 1.54) is 7.11 Å². The van der Waals surface area contributed by atoms with Crippen molar-refractivity contribution in [3.8, 4) is 0 Å². The molecule has 1 aliphatic heterocycles. The minimum Gasteiger partial charge on any atom is -0.464 e. The second-order valence-corrected chi connectivity index (χ2v) is 6.45. The Morgan fingerprint density at radius 2 is 2.04 bits per heavy atom. The van der Waals surface area contributed by atoms with Crippen molar-refractivity contribution in [2.24, 2.45) is 0 Å². The fraction of sp³-hybridized carbons (Fsp3) is 0.375. The highest BCUT2D eigenvalue weighted by Crippen LogP contribution is 2.35. The molecule has 0 bridgehead atoms. The van der Waals surface area contributed by atoms with E-state index in [0.29, 0.717) is 22.6 Å². The van der Waals surface area contributed by atoms with E-state index in [2.05, 4.69) is 19.9 Å². The molecule has 132 valence electrons. The Labute approximate surface area is 155 Å². The summed E-state index contributed by atoms with van der Waals surface area (Å²) in [4.78, 5) is 25.9. The third kappa shape index (κ3) is 3.77. The van der Waals surface area contributed by atoms with E-state index in [1.54, 1.807) is 12.3 Å². The zero-order chi connectivity index (χ0) is 18.0. The lowest BCUT2D eigenvalue weighted by molar-refractivity contribution is 0.0594. The SMILES string of the molecule is COC(=O)c1cc(N2CCC(c3ccnc(N)c3Cl)CC2)nc(Cl)n1. The number of anilines is 2. The lowest BCUT2D eigenvalue weighted by atomic mass is 9.90. The average molecular weight is 382 g/mol. The highest BCUT2D eigenvalue weighted by atomic mass is 35.5. The largest absolute Gasteiger partial charge is 0.464 e. The van der Waals surface area contributed by atoms with Crippen molar-refractivity contribution >= 4 is 40.8 Å². The van der Waals surface area contributed by atoms with Crippen LogP contribution < -0.4 is 10.6 Å². The number of aromatic nitrogens is 3. The Kier molecular flexibility index (Phi) is 5.24. The molecule has 0 amide bonds. The number of nitrogen functional groups attached to an aromatic ring is 1. The smallest absolute Gasteiger partial charge is 0.356 e. The number of nitrogens with two attached hydrogens (primary N) is 1. The molecule has 1 aliphatic rings. The first kappa shape index (κ1) is 17.7. The molecule has 1 saturated heterocycles. The summed E-state index contributed by atoms with van der Waals surface area (Å²) in [6.07, 6.45) is 3.42. The fourth-order valence-electron chi connectivity index (χ4n) is 2.99. The van der Waals surface area contributed by atoms with Crippen molar-refractivity contribution in [1.29, 1.82) is 0 Å². The van der Waals surface area contributed by atoms with Gasteiger partial charge in [-0.3, -0.25) is 0 Å². The lowest BCUT2D eigenvalue weighted by Crippen LogP contribution is -2.34. The lowest BCUT2D eigenvalue weighted by Gasteiger charge is -2.33. The third-order valence-electron chi connectivity index (χ3n) is 4.28. The molecule has 9 heteroatoms. The molecule has 0 spiro atoms. The maximum atomic E-state index is 11.7. The first-order valence-corrected chi connectivity index (χ1v) is 8.53. The Balaban J connectivity index is 1.75. The van der Waals surface area contributed by atoms with E-state index in [9.17, 15) is 4.79 Å². The topological polar surface area (TPSA) is 94.2 Å². The van der Waals surface area contributed by atoms with Crippen LogP contribution in [0.3, 0.4) is 0 Å². The molecule has 2 N–H and O–H groups in total. The predicted octanol–water partition coefficient (Wildman–Crippen LogP) is 2.93. The third-order valence-corrected chi connectivity index (χ3v) is 4.87. The summed E-state index contributed by atoms with van der Waals surface area (Å²) in [5, 5.41) is 0.545. The Bertz CT molecular complexity index is 794. The van der Waals surface area contributed by atoms with E-state index in [0.717, 1.165) is 31.5 Å². The number of hydrogen-bond donors (Lipinski definition) is 1. The molecular weight excluding hydrogens is 365 g/mol. The summed E-state index contributed by atoms with van der Waals surface area (Å²) in [6.45, 7) is 1.49. The van der Waals surface area contributed by atoms with E-state index in [4.69, 9.17) is 33.7 Å². The maximum Gasteiger partial charge on any atom is 0.356 e. The molecule has 0 aliphatic carbocycles. The highest BCUT2D eigenvalue weighted by Gasteiger charge is 2.25. The van der Waals surface area contributed by atoms with Crippen molar-refractivity contribution in [3.63, 3.8) is 0 Å². The zero-order valence-corrected chi connectivity index (χ0v) is 15.1. The molecule has 0 radical (unpaired) electrons. The minimum absolute atomic E-state index is 0.0185. The fourth-order valence-corrected chi connectivity index (χ4v) is 3.43. The van der Waals surface area contributed by atoms with Gasteiger partial charge in [-0.15, -0.1) is 0 Å². The number of pyridine rings is 1. The van der Waals surface area contributed by atoms with Crippen molar-refractivity contribution < 1.29 is 9.53 Å². The molecule has 0 atom stereocenters. The highest BCUT2D eigenvalue weighted by molar-refractivity contribution is 6.33. The predicted molar refractivity (Wildman–Crippen MR) is 96.2 cm³/mol. The van der Waals surface area contributed by atoms with Gasteiger partial charge in [-0.25, -0.2) is 19.7 Å². The molecule has 0 unspecified atom stereocenters. The molecule has 0 saturated carbocycles. The van der Waals surface area contributed by atoms with Crippen molar-refractivity contribution in [3.05, 3.63) is 39.9 Å². The number of carbonyl (C=O) groups is 1. The van der Waals surface area contributed by atoms with Crippen molar-refractivity contribution in [1.82, 2.24) is 15.0 Å². The van der Waals surface area contributed by atoms with Gasteiger partial charge in [0.15, 0.2) is 5.69 Å². The number of esters is 1. The van der Waals surface area contributed by atoms with Gasteiger partial charge in [-0.05, 0) is 42.0 Å². The van der Waals surface area contributed by atoms with Crippen LogP contribution in [0.5, 0.6) is 0 Å². The van der Waals surface area contributed by atoms with Gasteiger partial charge in [0.05, 0.1) is 12.1 Å². The number of halogens is 2. The van der Waals surface area contributed by atoms with Crippen molar-refractivity contribution in [2.75, 3.05) is 30.8 Å². The maximum absolute atomic E-state index is 11.7. The molecule has 2 aromatic rings. The summed E-state index contributed by atoms with van der Waals surface area (Å²) in [7, 11) is 1.30. The van der Waals surface area contributed by atoms with Gasteiger partial charge in [-0.1, -0.05) is 11.6 Å². The Morgan fingerprint density at radius 3 is 2.72 bits per heavy atom. The number of carbonyl (C=O) groups excluding carboxylic acids is 1. The molecular formula is C16H17Cl2N5O2. The molecule has 1 fully saturated rings. The second-order valence-electron chi connectivity index (χ2n) is 5.73. The van der Waals surface area contributed by atoms with Gasteiger partial charge in [0.1, 0.15) is 11.6 Å². The summed E-state index contributed by atoms with van der Waals surface area (Å²) >= 11 is 12.2. The molecule has 2 aromatic heterocycles.